The molecule has 0 aliphatic rings. The van der Waals surface area contributed by atoms with Crippen LogP contribution in [0.2, 0.25) is 5.02 Å². The van der Waals surface area contributed by atoms with E-state index in [0.717, 1.165) is 27.6 Å². The fourth-order valence-corrected chi connectivity index (χ4v) is 3.32. The van der Waals surface area contributed by atoms with E-state index < -0.39 is 0 Å². The van der Waals surface area contributed by atoms with Crippen LogP contribution in [0.1, 0.15) is 11.1 Å². The van der Waals surface area contributed by atoms with E-state index in [1.54, 1.807) is 0 Å². The van der Waals surface area contributed by atoms with Crippen LogP contribution in [0.3, 0.4) is 0 Å². The number of halogens is 1. The van der Waals surface area contributed by atoms with Crippen molar-refractivity contribution >= 4 is 22.6 Å². The molecule has 4 aromatic rings. The molecule has 1 heterocycles. The fourth-order valence-electron chi connectivity index (χ4n) is 3.13. The standard InChI is InChI=1S/C23H17ClO3/c1-15-21(26-14-17-9-5-6-10-20(17)24)12-11-18-19(13-22(25)27-23(15)18)16-7-3-2-4-8-16/h2-13H,14H2,1H3. The minimum absolute atomic E-state index is 0.342. The molecule has 1 aromatic heterocycles. The van der Waals surface area contributed by atoms with Crippen molar-refractivity contribution in [1.29, 1.82) is 0 Å². The molecular weight excluding hydrogens is 360 g/mol. The number of aryl methyl sites for hydroxylation is 1. The first-order valence-corrected chi connectivity index (χ1v) is 9.00. The third-order valence-corrected chi connectivity index (χ3v) is 4.91. The van der Waals surface area contributed by atoms with Crippen LogP contribution in [0.25, 0.3) is 22.1 Å². The summed E-state index contributed by atoms with van der Waals surface area (Å²) >= 11 is 6.19. The molecular formula is C23H17ClO3. The van der Waals surface area contributed by atoms with Crippen molar-refractivity contribution in [3.8, 4) is 16.9 Å². The van der Waals surface area contributed by atoms with Gasteiger partial charge < -0.3 is 9.15 Å². The molecule has 0 atom stereocenters. The van der Waals surface area contributed by atoms with E-state index in [4.69, 9.17) is 20.8 Å². The molecule has 0 N–H and O–H groups in total. The predicted molar refractivity (Wildman–Crippen MR) is 108 cm³/mol. The van der Waals surface area contributed by atoms with Gasteiger partial charge in [0.15, 0.2) is 0 Å². The molecule has 0 aliphatic heterocycles. The largest absolute Gasteiger partial charge is 0.488 e. The maximum absolute atomic E-state index is 12.1. The average molecular weight is 377 g/mol. The second-order valence-corrected chi connectivity index (χ2v) is 6.70. The zero-order valence-electron chi connectivity index (χ0n) is 14.7. The topological polar surface area (TPSA) is 39.4 Å². The summed E-state index contributed by atoms with van der Waals surface area (Å²) in [6, 6.07) is 22.7. The van der Waals surface area contributed by atoms with Gasteiger partial charge in [0.1, 0.15) is 17.9 Å². The lowest BCUT2D eigenvalue weighted by Crippen LogP contribution is -2.02. The van der Waals surface area contributed by atoms with Crippen LogP contribution in [-0.4, -0.2) is 0 Å². The van der Waals surface area contributed by atoms with Crippen molar-refractivity contribution < 1.29 is 9.15 Å². The highest BCUT2D eigenvalue weighted by Crippen LogP contribution is 2.33. The van der Waals surface area contributed by atoms with Crippen LogP contribution in [0, 0.1) is 6.92 Å². The fraction of sp³-hybridized carbons (Fsp3) is 0.0870. The van der Waals surface area contributed by atoms with Crippen molar-refractivity contribution in [2.75, 3.05) is 0 Å². The Labute approximate surface area is 161 Å². The van der Waals surface area contributed by atoms with Gasteiger partial charge in [0.05, 0.1) is 0 Å². The summed E-state index contributed by atoms with van der Waals surface area (Å²) < 4.78 is 11.5. The lowest BCUT2D eigenvalue weighted by atomic mass is 10.0. The second-order valence-electron chi connectivity index (χ2n) is 6.29. The maximum atomic E-state index is 12.1. The van der Waals surface area contributed by atoms with E-state index in [2.05, 4.69) is 0 Å². The van der Waals surface area contributed by atoms with E-state index >= 15 is 0 Å². The van der Waals surface area contributed by atoms with Crippen LogP contribution in [0.5, 0.6) is 5.75 Å². The molecule has 0 spiro atoms. The molecule has 0 unspecified atom stereocenters. The van der Waals surface area contributed by atoms with Crippen molar-refractivity contribution in [2.24, 2.45) is 0 Å². The predicted octanol–water partition coefficient (Wildman–Crippen LogP) is 6.00. The zero-order chi connectivity index (χ0) is 18.8. The number of rotatable bonds is 4. The van der Waals surface area contributed by atoms with Crippen molar-refractivity contribution in [3.63, 3.8) is 0 Å². The molecule has 0 saturated carbocycles. The van der Waals surface area contributed by atoms with Crippen LogP contribution in [0.4, 0.5) is 0 Å². The Morgan fingerprint density at radius 2 is 1.70 bits per heavy atom. The van der Waals surface area contributed by atoms with Gasteiger partial charge in [-0.2, -0.15) is 0 Å². The Hall–Kier alpha value is -3.04. The second kappa shape index (κ2) is 7.29. The summed E-state index contributed by atoms with van der Waals surface area (Å²) in [5.74, 6) is 0.663. The minimum Gasteiger partial charge on any atom is -0.488 e. The Morgan fingerprint density at radius 3 is 2.48 bits per heavy atom. The Balaban J connectivity index is 1.76. The van der Waals surface area contributed by atoms with Gasteiger partial charge in [-0.05, 0) is 36.2 Å². The van der Waals surface area contributed by atoms with E-state index in [9.17, 15) is 4.79 Å². The van der Waals surface area contributed by atoms with Gasteiger partial charge in [0, 0.05) is 27.6 Å². The van der Waals surface area contributed by atoms with Crippen LogP contribution < -0.4 is 10.4 Å². The Morgan fingerprint density at radius 1 is 0.963 bits per heavy atom. The first-order valence-electron chi connectivity index (χ1n) is 8.62. The van der Waals surface area contributed by atoms with Gasteiger partial charge >= 0.3 is 5.63 Å². The average Bonchev–Trinajstić information content (AvgIpc) is 2.69. The molecule has 27 heavy (non-hydrogen) atoms. The number of ether oxygens (including phenoxy) is 1. The maximum Gasteiger partial charge on any atom is 0.336 e. The Kier molecular flexibility index (Phi) is 4.69. The summed E-state index contributed by atoms with van der Waals surface area (Å²) in [5.41, 5.74) is 3.67. The minimum atomic E-state index is -0.382. The third kappa shape index (κ3) is 3.46. The van der Waals surface area contributed by atoms with Crippen LogP contribution in [-0.2, 0) is 6.61 Å². The van der Waals surface area contributed by atoms with Crippen molar-refractivity contribution in [2.45, 2.75) is 13.5 Å². The van der Waals surface area contributed by atoms with E-state index in [0.29, 0.717) is 23.0 Å². The zero-order valence-corrected chi connectivity index (χ0v) is 15.5. The monoisotopic (exact) mass is 376 g/mol. The van der Waals surface area contributed by atoms with Gasteiger partial charge in [-0.25, -0.2) is 4.79 Å². The molecule has 0 aliphatic carbocycles. The van der Waals surface area contributed by atoms with Gasteiger partial charge in [-0.3, -0.25) is 0 Å². The lowest BCUT2D eigenvalue weighted by molar-refractivity contribution is 0.304. The lowest BCUT2D eigenvalue weighted by Gasteiger charge is -2.13. The smallest absolute Gasteiger partial charge is 0.336 e. The third-order valence-electron chi connectivity index (χ3n) is 4.54. The summed E-state index contributed by atoms with van der Waals surface area (Å²) in [5, 5.41) is 1.54. The highest BCUT2D eigenvalue weighted by Gasteiger charge is 2.13. The van der Waals surface area contributed by atoms with Crippen LogP contribution in [0.15, 0.2) is 82.0 Å². The molecule has 0 bridgehead atoms. The number of benzene rings is 3. The first kappa shape index (κ1) is 17.4. The molecule has 0 amide bonds. The highest BCUT2D eigenvalue weighted by molar-refractivity contribution is 6.31. The summed E-state index contributed by atoms with van der Waals surface area (Å²) in [7, 11) is 0. The van der Waals surface area contributed by atoms with E-state index in [1.807, 2.05) is 73.7 Å². The number of fused-ring (bicyclic) bond motifs is 1. The summed E-state index contributed by atoms with van der Waals surface area (Å²) in [6.07, 6.45) is 0. The molecule has 0 fully saturated rings. The molecule has 4 rings (SSSR count). The SMILES string of the molecule is Cc1c(OCc2ccccc2Cl)ccc2c(-c3ccccc3)cc(=O)oc12. The normalized spacial score (nSPS) is 10.9. The summed E-state index contributed by atoms with van der Waals surface area (Å²) in [4.78, 5) is 12.1. The molecule has 0 radical (unpaired) electrons. The summed E-state index contributed by atoms with van der Waals surface area (Å²) in [6.45, 7) is 2.23. The van der Waals surface area contributed by atoms with Gasteiger partial charge in [-0.15, -0.1) is 0 Å². The van der Waals surface area contributed by atoms with E-state index in [-0.39, 0.29) is 5.63 Å². The molecule has 0 saturated heterocycles. The van der Waals surface area contributed by atoms with E-state index in [1.165, 1.54) is 6.07 Å². The van der Waals surface area contributed by atoms with Gasteiger partial charge in [-0.1, -0.05) is 60.1 Å². The molecule has 3 aromatic carbocycles. The quantitative estimate of drug-likeness (QED) is 0.410. The van der Waals surface area contributed by atoms with Crippen molar-refractivity contribution in [3.05, 3.63) is 99.4 Å². The van der Waals surface area contributed by atoms with Gasteiger partial charge in [0.2, 0.25) is 0 Å². The van der Waals surface area contributed by atoms with Crippen molar-refractivity contribution in [1.82, 2.24) is 0 Å². The molecule has 4 heteroatoms. The van der Waals surface area contributed by atoms with Crippen LogP contribution >= 0.6 is 11.6 Å². The number of hydrogen-bond acceptors (Lipinski definition) is 3. The Bertz CT molecular complexity index is 1160. The first-order chi connectivity index (χ1) is 13.1. The molecule has 3 nitrogen and oxygen atoms in total. The highest BCUT2D eigenvalue weighted by atomic mass is 35.5. The number of hydrogen-bond donors (Lipinski definition) is 0. The molecule has 134 valence electrons. The van der Waals surface area contributed by atoms with Gasteiger partial charge in [0.25, 0.3) is 0 Å².